The highest BCUT2D eigenvalue weighted by molar-refractivity contribution is 6.29. The van der Waals surface area contributed by atoms with Crippen molar-refractivity contribution >= 4 is 17.9 Å². The van der Waals surface area contributed by atoms with Crippen molar-refractivity contribution in [2.24, 2.45) is 0 Å². The number of hydrogen-bond acceptors (Lipinski definition) is 3. The number of alkyl halides is 3. The molecule has 0 fully saturated rings. The summed E-state index contributed by atoms with van der Waals surface area (Å²) in [4.78, 5) is 14.8. The number of rotatable bonds is 3. The maximum absolute atomic E-state index is 12.4. The standard InChI is InChI=1S/C13H7ClF3NO2/c14-12-5-8(7-19)10(6-18-12)9-3-1-2-4-11(9)20-13(15,16)17/h1-7H. The van der Waals surface area contributed by atoms with Gasteiger partial charge in [0.2, 0.25) is 0 Å². The lowest BCUT2D eigenvalue weighted by Gasteiger charge is -2.14. The number of pyridine rings is 1. The van der Waals surface area contributed by atoms with E-state index in [1.807, 2.05) is 0 Å². The Labute approximate surface area is 117 Å². The number of carbonyl (C=O) groups is 1. The van der Waals surface area contributed by atoms with Crippen molar-refractivity contribution in [3.8, 4) is 16.9 Å². The van der Waals surface area contributed by atoms with Crippen LogP contribution in [0.3, 0.4) is 0 Å². The Balaban J connectivity index is 2.56. The number of hydrogen-bond donors (Lipinski definition) is 0. The maximum Gasteiger partial charge on any atom is 0.573 e. The molecule has 1 heterocycles. The largest absolute Gasteiger partial charge is 0.573 e. The van der Waals surface area contributed by atoms with Crippen LogP contribution in [-0.4, -0.2) is 17.6 Å². The molecule has 0 atom stereocenters. The number of benzene rings is 1. The van der Waals surface area contributed by atoms with Crippen molar-refractivity contribution < 1.29 is 22.7 Å². The molecule has 0 spiro atoms. The molecule has 0 unspecified atom stereocenters. The molecule has 1 aromatic carbocycles. The predicted octanol–water partition coefficient (Wildman–Crippen LogP) is 4.11. The molecule has 0 radical (unpaired) electrons. The molecular weight excluding hydrogens is 295 g/mol. The summed E-state index contributed by atoms with van der Waals surface area (Å²) in [5.41, 5.74) is 0.448. The minimum Gasteiger partial charge on any atom is -0.405 e. The van der Waals surface area contributed by atoms with Crippen LogP contribution in [0.1, 0.15) is 10.4 Å². The van der Waals surface area contributed by atoms with Gasteiger partial charge in [0.1, 0.15) is 10.9 Å². The van der Waals surface area contributed by atoms with E-state index in [1.165, 1.54) is 30.5 Å². The molecule has 1 aromatic heterocycles. The molecule has 0 aliphatic carbocycles. The van der Waals surface area contributed by atoms with Gasteiger partial charge in [-0.15, -0.1) is 13.2 Å². The molecule has 104 valence electrons. The third-order valence-electron chi connectivity index (χ3n) is 2.43. The van der Waals surface area contributed by atoms with Gasteiger partial charge in [-0.25, -0.2) is 4.98 Å². The quantitative estimate of drug-likeness (QED) is 0.632. The number of aldehydes is 1. The SMILES string of the molecule is O=Cc1cc(Cl)ncc1-c1ccccc1OC(F)(F)F. The molecule has 0 saturated carbocycles. The summed E-state index contributed by atoms with van der Waals surface area (Å²) in [5, 5.41) is 0.0741. The molecule has 3 nitrogen and oxygen atoms in total. The van der Waals surface area contributed by atoms with E-state index in [2.05, 4.69) is 9.72 Å². The molecule has 0 bridgehead atoms. The summed E-state index contributed by atoms with van der Waals surface area (Å²) in [6.45, 7) is 0. The third-order valence-corrected chi connectivity index (χ3v) is 2.64. The number of halogens is 4. The van der Waals surface area contributed by atoms with E-state index in [-0.39, 0.29) is 21.8 Å². The van der Waals surface area contributed by atoms with Crippen molar-refractivity contribution in [3.63, 3.8) is 0 Å². The van der Waals surface area contributed by atoms with Crippen LogP contribution in [-0.2, 0) is 0 Å². The van der Waals surface area contributed by atoms with E-state index in [9.17, 15) is 18.0 Å². The highest BCUT2D eigenvalue weighted by atomic mass is 35.5. The zero-order chi connectivity index (χ0) is 14.8. The maximum atomic E-state index is 12.4. The van der Waals surface area contributed by atoms with Crippen molar-refractivity contribution in [2.75, 3.05) is 0 Å². The lowest BCUT2D eigenvalue weighted by atomic mass is 10.0. The van der Waals surface area contributed by atoms with Crippen LogP contribution in [0.2, 0.25) is 5.15 Å². The van der Waals surface area contributed by atoms with E-state index in [0.717, 1.165) is 6.07 Å². The lowest BCUT2D eigenvalue weighted by Crippen LogP contribution is -2.17. The topological polar surface area (TPSA) is 39.2 Å². The zero-order valence-electron chi connectivity index (χ0n) is 9.82. The average molecular weight is 302 g/mol. The summed E-state index contributed by atoms with van der Waals surface area (Å²) in [7, 11) is 0. The van der Waals surface area contributed by atoms with Gasteiger partial charge in [-0.05, 0) is 12.1 Å². The van der Waals surface area contributed by atoms with E-state index >= 15 is 0 Å². The van der Waals surface area contributed by atoms with E-state index in [4.69, 9.17) is 11.6 Å². The first-order valence-electron chi connectivity index (χ1n) is 5.36. The summed E-state index contributed by atoms with van der Waals surface area (Å²) in [6.07, 6.45) is -3.10. The molecule has 7 heteroatoms. The fraction of sp³-hybridized carbons (Fsp3) is 0.0769. The van der Waals surface area contributed by atoms with Gasteiger partial charge in [0.15, 0.2) is 6.29 Å². The second-order valence-electron chi connectivity index (χ2n) is 3.76. The van der Waals surface area contributed by atoms with Crippen LogP contribution < -0.4 is 4.74 Å². The summed E-state index contributed by atoms with van der Waals surface area (Å²) >= 11 is 5.65. The third kappa shape index (κ3) is 3.27. The van der Waals surface area contributed by atoms with Gasteiger partial charge in [0, 0.05) is 22.9 Å². The molecule has 2 aromatic rings. The monoisotopic (exact) mass is 301 g/mol. The second-order valence-corrected chi connectivity index (χ2v) is 4.14. The Morgan fingerprint density at radius 1 is 1.20 bits per heavy atom. The minimum absolute atomic E-state index is 0.0741. The Hall–Kier alpha value is -2.08. The Bertz CT molecular complexity index is 644. The van der Waals surface area contributed by atoms with Crippen LogP contribution in [0.15, 0.2) is 36.5 Å². The average Bonchev–Trinajstić information content (AvgIpc) is 2.38. The van der Waals surface area contributed by atoms with Crippen molar-refractivity contribution in [2.45, 2.75) is 6.36 Å². The van der Waals surface area contributed by atoms with Gasteiger partial charge < -0.3 is 4.74 Å². The van der Waals surface area contributed by atoms with Crippen LogP contribution >= 0.6 is 11.6 Å². The van der Waals surface area contributed by atoms with Crippen molar-refractivity contribution in [3.05, 3.63) is 47.2 Å². The summed E-state index contributed by atoms with van der Waals surface area (Å²) in [6, 6.07) is 6.76. The lowest BCUT2D eigenvalue weighted by molar-refractivity contribution is -0.274. The Kier molecular flexibility index (Phi) is 3.94. The molecule has 0 aliphatic rings. The van der Waals surface area contributed by atoms with Crippen LogP contribution in [0.4, 0.5) is 13.2 Å². The molecule has 0 aliphatic heterocycles. The van der Waals surface area contributed by atoms with Gasteiger partial charge in [-0.1, -0.05) is 29.8 Å². The minimum atomic E-state index is -4.82. The highest BCUT2D eigenvalue weighted by Gasteiger charge is 2.32. The summed E-state index contributed by atoms with van der Waals surface area (Å²) < 4.78 is 41.0. The molecule has 20 heavy (non-hydrogen) atoms. The number of aromatic nitrogens is 1. The molecule has 0 saturated heterocycles. The van der Waals surface area contributed by atoms with Crippen molar-refractivity contribution in [1.82, 2.24) is 4.98 Å². The summed E-state index contributed by atoms with van der Waals surface area (Å²) in [5.74, 6) is -0.410. The van der Waals surface area contributed by atoms with Gasteiger partial charge in [0.25, 0.3) is 0 Å². The van der Waals surface area contributed by atoms with E-state index < -0.39 is 12.1 Å². The first-order valence-corrected chi connectivity index (χ1v) is 5.74. The number of nitrogens with zero attached hydrogens (tertiary/aromatic N) is 1. The fourth-order valence-corrected chi connectivity index (χ4v) is 1.84. The molecule has 2 rings (SSSR count). The Morgan fingerprint density at radius 2 is 1.90 bits per heavy atom. The van der Waals surface area contributed by atoms with Crippen molar-refractivity contribution in [1.29, 1.82) is 0 Å². The molecule has 0 amide bonds. The fourth-order valence-electron chi connectivity index (χ4n) is 1.67. The molecular formula is C13H7ClF3NO2. The first-order chi connectivity index (χ1) is 9.40. The van der Waals surface area contributed by atoms with Crippen LogP contribution in [0.5, 0.6) is 5.75 Å². The van der Waals surface area contributed by atoms with Gasteiger partial charge in [-0.3, -0.25) is 4.79 Å². The van der Waals surface area contributed by atoms with Gasteiger partial charge in [0.05, 0.1) is 0 Å². The van der Waals surface area contributed by atoms with Crippen LogP contribution in [0, 0.1) is 0 Å². The number of ether oxygens (including phenoxy) is 1. The number of carbonyl (C=O) groups excluding carboxylic acids is 1. The van der Waals surface area contributed by atoms with Gasteiger partial charge >= 0.3 is 6.36 Å². The highest BCUT2D eigenvalue weighted by Crippen LogP contribution is 2.35. The zero-order valence-corrected chi connectivity index (χ0v) is 10.6. The predicted molar refractivity (Wildman–Crippen MR) is 66.8 cm³/mol. The first kappa shape index (κ1) is 14.3. The number of para-hydroxylation sites is 1. The Morgan fingerprint density at radius 3 is 2.55 bits per heavy atom. The second kappa shape index (κ2) is 5.50. The molecule has 0 N–H and O–H groups in total. The van der Waals surface area contributed by atoms with Gasteiger partial charge in [-0.2, -0.15) is 0 Å². The van der Waals surface area contributed by atoms with E-state index in [0.29, 0.717) is 6.29 Å². The van der Waals surface area contributed by atoms with Crippen LogP contribution in [0.25, 0.3) is 11.1 Å². The smallest absolute Gasteiger partial charge is 0.405 e. The normalized spacial score (nSPS) is 11.2. The van der Waals surface area contributed by atoms with E-state index in [1.54, 1.807) is 0 Å².